The molecule has 1 amide bonds. The van der Waals surface area contributed by atoms with Gasteiger partial charge in [0.15, 0.2) is 0 Å². The summed E-state index contributed by atoms with van der Waals surface area (Å²) in [6.07, 6.45) is 0. The molecule has 2 aromatic rings. The highest BCUT2D eigenvalue weighted by atomic mass is 79.9. The van der Waals surface area contributed by atoms with Gasteiger partial charge in [-0.05, 0) is 12.1 Å². The Hall–Kier alpha value is -1.81. The number of benzene rings is 2. The Balaban J connectivity index is 2.08. The molecule has 0 fully saturated rings. The molecule has 0 aromatic heterocycles. The second kappa shape index (κ2) is 5.05. The van der Waals surface area contributed by atoms with E-state index >= 15 is 0 Å². The number of alkyl halides is 1. The van der Waals surface area contributed by atoms with Gasteiger partial charge in [-0.3, -0.25) is 4.79 Å². The van der Waals surface area contributed by atoms with Crippen molar-refractivity contribution in [3.63, 3.8) is 0 Å². The van der Waals surface area contributed by atoms with Crippen molar-refractivity contribution in [2.75, 3.05) is 5.33 Å². The molecule has 19 heavy (non-hydrogen) atoms. The first-order valence-electron chi connectivity index (χ1n) is 6.00. The van der Waals surface area contributed by atoms with Crippen molar-refractivity contribution in [2.45, 2.75) is 6.04 Å². The molecule has 3 rings (SSSR count). The maximum Gasteiger partial charge on any atom is 0.231 e. The fourth-order valence-corrected chi connectivity index (χ4v) is 2.43. The van der Waals surface area contributed by atoms with Gasteiger partial charge in [0.25, 0.3) is 0 Å². The number of carbonyl (C=O) groups is 1. The summed E-state index contributed by atoms with van der Waals surface area (Å²) in [7, 11) is 0. The maximum absolute atomic E-state index is 11.7. The first-order valence-corrected chi connectivity index (χ1v) is 7.13. The van der Waals surface area contributed by atoms with E-state index in [-0.39, 0.29) is 17.3 Å². The Bertz CT molecular complexity index is 582. The van der Waals surface area contributed by atoms with Crippen LogP contribution in [0.15, 0.2) is 48.5 Å². The van der Waals surface area contributed by atoms with Crippen LogP contribution < -0.4 is 10.1 Å². The minimum atomic E-state index is -0.161. The molecule has 0 aliphatic carbocycles. The van der Waals surface area contributed by atoms with Gasteiger partial charge in [0.05, 0.1) is 11.4 Å². The van der Waals surface area contributed by atoms with Crippen LogP contribution in [0.25, 0.3) is 0 Å². The standard InChI is InChI=1S/C15H12BrNO2/c16-9-14(18)17-15-10-5-1-3-7-12(10)19-13-8-4-2-6-11(13)15/h1-8,15H,9H2,(H,17,18). The molecule has 0 radical (unpaired) electrons. The van der Waals surface area contributed by atoms with Crippen molar-refractivity contribution in [1.82, 2.24) is 5.32 Å². The largest absolute Gasteiger partial charge is 0.457 e. The van der Waals surface area contributed by atoms with E-state index in [0.717, 1.165) is 22.6 Å². The highest BCUT2D eigenvalue weighted by Gasteiger charge is 2.27. The maximum atomic E-state index is 11.7. The molecule has 0 atom stereocenters. The number of amides is 1. The van der Waals surface area contributed by atoms with Crippen LogP contribution in [-0.2, 0) is 4.79 Å². The summed E-state index contributed by atoms with van der Waals surface area (Å²) in [6, 6.07) is 15.4. The minimum absolute atomic E-state index is 0.0449. The summed E-state index contributed by atoms with van der Waals surface area (Å²) in [5.41, 5.74) is 1.96. The fraction of sp³-hybridized carbons (Fsp3) is 0.133. The molecule has 1 aliphatic rings. The summed E-state index contributed by atoms with van der Waals surface area (Å²) in [5.74, 6) is 1.54. The smallest absolute Gasteiger partial charge is 0.231 e. The van der Waals surface area contributed by atoms with Crippen molar-refractivity contribution in [1.29, 1.82) is 0 Å². The zero-order valence-corrected chi connectivity index (χ0v) is 11.7. The number of halogens is 1. The molecule has 0 spiro atoms. The van der Waals surface area contributed by atoms with Gasteiger partial charge in [0, 0.05) is 11.1 Å². The third-order valence-electron chi connectivity index (χ3n) is 3.11. The van der Waals surface area contributed by atoms with Crippen LogP contribution in [0.1, 0.15) is 17.2 Å². The van der Waals surface area contributed by atoms with Gasteiger partial charge in [-0.1, -0.05) is 52.3 Å². The lowest BCUT2D eigenvalue weighted by molar-refractivity contribution is -0.119. The molecule has 0 bridgehead atoms. The van der Waals surface area contributed by atoms with Crippen LogP contribution >= 0.6 is 15.9 Å². The third kappa shape index (κ3) is 2.24. The Morgan fingerprint density at radius 2 is 1.58 bits per heavy atom. The van der Waals surface area contributed by atoms with Crippen LogP contribution in [-0.4, -0.2) is 11.2 Å². The Morgan fingerprint density at radius 3 is 2.11 bits per heavy atom. The summed E-state index contributed by atoms with van der Waals surface area (Å²) in [5, 5.41) is 3.30. The number of fused-ring (bicyclic) bond motifs is 2. The van der Waals surface area contributed by atoms with Crippen LogP contribution in [0, 0.1) is 0 Å². The van der Waals surface area contributed by atoms with Crippen molar-refractivity contribution >= 4 is 21.8 Å². The fourth-order valence-electron chi connectivity index (χ4n) is 2.26. The van der Waals surface area contributed by atoms with Gasteiger partial charge in [0.1, 0.15) is 11.5 Å². The van der Waals surface area contributed by atoms with Crippen LogP contribution in [0.3, 0.4) is 0 Å². The lowest BCUT2D eigenvalue weighted by atomic mass is 9.94. The molecule has 0 saturated carbocycles. The van der Waals surface area contributed by atoms with Gasteiger partial charge in [-0.2, -0.15) is 0 Å². The topological polar surface area (TPSA) is 38.3 Å². The molecule has 96 valence electrons. The van der Waals surface area contributed by atoms with Gasteiger partial charge < -0.3 is 10.1 Å². The molecular formula is C15H12BrNO2. The predicted octanol–water partition coefficient (Wildman–Crippen LogP) is 3.39. The van der Waals surface area contributed by atoms with E-state index in [1.807, 2.05) is 48.5 Å². The summed E-state index contributed by atoms with van der Waals surface area (Å²) in [6.45, 7) is 0. The number of para-hydroxylation sites is 2. The predicted molar refractivity (Wildman–Crippen MR) is 76.7 cm³/mol. The average molecular weight is 318 g/mol. The third-order valence-corrected chi connectivity index (χ3v) is 3.62. The zero-order valence-electron chi connectivity index (χ0n) is 10.1. The summed E-state index contributed by atoms with van der Waals surface area (Å²) >= 11 is 3.18. The van der Waals surface area contributed by atoms with Crippen LogP contribution in [0.5, 0.6) is 11.5 Å². The highest BCUT2D eigenvalue weighted by Crippen LogP contribution is 2.42. The molecule has 1 N–H and O–H groups in total. The van der Waals surface area contributed by atoms with E-state index in [1.54, 1.807) is 0 Å². The molecule has 1 aliphatic heterocycles. The number of rotatable bonds is 2. The number of ether oxygens (including phenoxy) is 1. The molecule has 2 aromatic carbocycles. The van der Waals surface area contributed by atoms with Crippen LogP contribution in [0.2, 0.25) is 0 Å². The molecular weight excluding hydrogens is 306 g/mol. The average Bonchev–Trinajstić information content (AvgIpc) is 2.46. The number of nitrogens with one attached hydrogen (secondary N) is 1. The molecule has 3 nitrogen and oxygen atoms in total. The molecule has 0 saturated heterocycles. The minimum Gasteiger partial charge on any atom is -0.457 e. The molecule has 4 heteroatoms. The number of hydrogen-bond donors (Lipinski definition) is 1. The molecule has 0 unspecified atom stereocenters. The van der Waals surface area contributed by atoms with E-state index in [2.05, 4.69) is 21.2 Å². The van der Waals surface area contributed by atoms with E-state index < -0.39 is 0 Å². The number of carbonyl (C=O) groups excluding carboxylic acids is 1. The van der Waals surface area contributed by atoms with E-state index in [1.165, 1.54) is 0 Å². The van der Waals surface area contributed by atoms with E-state index in [0.29, 0.717) is 0 Å². The summed E-state index contributed by atoms with van der Waals surface area (Å²) in [4.78, 5) is 11.7. The van der Waals surface area contributed by atoms with E-state index in [9.17, 15) is 4.79 Å². The second-order valence-electron chi connectivity index (χ2n) is 4.31. The van der Waals surface area contributed by atoms with Gasteiger partial charge >= 0.3 is 0 Å². The summed E-state index contributed by atoms with van der Waals surface area (Å²) < 4.78 is 5.86. The number of hydrogen-bond acceptors (Lipinski definition) is 2. The normalized spacial score (nSPS) is 13.1. The first kappa shape index (κ1) is 12.2. The lowest BCUT2D eigenvalue weighted by Gasteiger charge is -2.28. The monoisotopic (exact) mass is 317 g/mol. The quantitative estimate of drug-likeness (QED) is 0.862. The highest BCUT2D eigenvalue weighted by molar-refractivity contribution is 9.09. The SMILES string of the molecule is O=C(CBr)NC1c2ccccc2Oc2ccccc21. The van der Waals surface area contributed by atoms with E-state index in [4.69, 9.17) is 4.74 Å². The first-order chi connectivity index (χ1) is 9.29. The van der Waals surface area contributed by atoms with Gasteiger partial charge in [-0.25, -0.2) is 0 Å². The van der Waals surface area contributed by atoms with Crippen LogP contribution in [0.4, 0.5) is 0 Å². The lowest BCUT2D eigenvalue weighted by Crippen LogP contribution is -2.31. The Kier molecular flexibility index (Phi) is 3.25. The van der Waals surface area contributed by atoms with Crippen molar-refractivity contribution in [2.24, 2.45) is 0 Å². The Morgan fingerprint density at radius 1 is 1.05 bits per heavy atom. The Labute approximate surface area is 119 Å². The molecule has 1 heterocycles. The second-order valence-corrected chi connectivity index (χ2v) is 4.87. The van der Waals surface area contributed by atoms with Crippen molar-refractivity contribution < 1.29 is 9.53 Å². The van der Waals surface area contributed by atoms with Crippen molar-refractivity contribution in [3.8, 4) is 11.5 Å². The van der Waals surface area contributed by atoms with Crippen molar-refractivity contribution in [3.05, 3.63) is 59.7 Å². The zero-order chi connectivity index (χ0) is 13.2. The van der Waals surface area contributed by atoms with Gasteiger partial charge in [0.2, 0.25) is 5.91 Å². The van der Waals surface area contributed by atoms with Gasteiger partial charge in [-0.15, -0.1) is 0 Å².